The Balaban J connectivity index is 1.04. The third-order valence-corrected chi connectivity index (χ3v) is 11.4. The molecule has 4 aromatic heterocycles. The van der Waals surface area contributed by atoms with Crippen molar-refractivity contribution in [3.05, 3.63) is 194 Å². The van der Waals surface area contributed by atoms with Crippen LogP contribution >= 0.6 is 0 Å². The first-order valence-corrected chi connectivity index (χ1v) is 19.9. The summed E-state index contributed by atoms with van der Waals surface area (Å²) in [4.78, 5) is 19.8. The van der Waals surface area contributed by atoms with Crippen molar-refractivity contribution in [1.29, 1.82) is 0 Å². The number of pyridine rings is 1. The average molecular weight is 769 g/mol. The van der Waals surface area contributed by atoms with Gasteiger partial charge in [-0.1, -0.05) is 121 Å². The van der Waals surface area contributed by atoms with Gasteiger partial charge < -0.3 is 8.83 Å². The summed E-state index contributed by atoms with van der Waals surface area (Å²) in [5.74, 6) is 1.78. The van der Waals surface area contributed by atoms with Crippen LogP contribution in [0, 0.1) is 0 Å². The van der Waals surface area contributed by atoms with Gasteiger partial charge >= 0.3 is 0 Å². The van der Waals surface area contributed by atoms with E-state index in [0.29, 0.717) is 17.5 Å². The number of aromatic nitrogens is 4. The molecule has 12 aromatic rings. The lowest BCUT2D eigenvalue weighted by Gasteiger charge is -2.13. The SMILES string of the molecule is c1ccc(-c2nc(-c3ccc(-c4cccc5cnccc45)cc3)nc(-c3cc(-c4ccc5oc6ccccc6c5c4)cc(-c4ccc5oc6ccccc6c5c4)c3)n2)cc1. The molecule has 0 aliphatic carbocycles. The predicted octanol–water partition coefficient (Wildman–Crippen LogP) is 14.2. The van der Waals surface area contributed by atoms with E-state index in [1.165, 1.54) is 0 Å². The van der Waals surface area contributed by atoms with Crippen LogP contribution in [0.4, 0.5) is 0 Å². The zero-order valence-electron chi connectivity index (χ0n) is 32.1. The molecule has 280 valence electrons. The number of rotatable bonds is 6. The molecular formula is C54H32N4O2. The molecule has 0 unspecified atom stereocenters. The zero-order valence-corrected chi connectivity index (χ0v) is 32.1. The summed E-state index contributed by atoms with van der Waals surface area (Å²) in [6.45, 7) is 0. The molecule has 0 aliphatic heterocycles. The Morgan fingerprint density at radius 3 is 1.43 bits per heavy atom. The number of para-hydroxylation sites is 2. The van der Waals surface area contributed by atoms with Gasteiger partial charge in [0, 0.05) is 56.0 Å². The lowest BCUT2D eigenvalue weighted by molar-refractivity contribution is 0.668. The summed E-state index contributed by atoms with van der Waals surface area (Å²) in [7, 11) is 0. The Morgan fingerprint density at radius 1 is 0.300 bits per heavy atom. The van der Waals surface area contributed by atoms with Gasteiger partial charge in [-0.3, -0.25) is 4.98 Å². The van der Waals surface area contributed by atoms with Crippen molar-refractivity contribution in [2.75, 3.05) is 0 Å². The van der Waals surface area contributed by atoms with E-state index >= 15 is 0 Å². The van der Waals surface area contributed by atoms with Crippen LogP contribution in [-0.2, 0) is 0 Å². The molecule has 12 rings (SSSR count). The standard InChI is InChI=1S/C54H32N4O2/c1-2-9-34(10-3-1)52-56-53(35-19-17-33(18-20-35)42-14-8-11-38-32-55-26-25-43(38)42)58-54(57-52)41-28-39(36-21-23-50-46(30-36)44-12-4-6-15-48(44)59-50)27-40(29-41)37-22-24-51-47(31-37)45-13-5-7-16-49(45)60-51/h1-32H. The van der Waals surface area contributed by atoms with Crippen molar-refractivity contribution in [2.24, 2.45) is 0 Å². The fourth-order valence-corrected chi connectivity index (χ4v) is 8.42. The molecule has 0 amide bonds. The molecule has 8 aromatic carbocycles. The lowest BCUT2D eigenvalue weighted by Crippen LogP contribution is -2.00. The summed E-state index contributed by atoms with van der Waals surface area (Å²) < 4.78 is 12.4. The summed E-state index contributed by atoms with van der Waals surface area (Å²) >= 11 is 0. The van der Waals surface area contributed by atoms with Crippen LogP contribution in [0.15, 0.2) is 203 Å². The van der Waals surface area contributed by atoms with Gasteiger partial charge in [-0.05, 0) is 99.4 Å². The lowest BCUT2D eigenvalue weighted by atomic mass is 9.94. The minimum atomic E-state index is 0.581. The molecule has 0 bridgehead atoms. The van der Waals surface area contributed by atoms with E-state index in [-0.39, 0.29) is 0 Å². The van der Waals surface area contributed by atoms with Crippen LogP contribution in [-0.4, -0.2) is 19.9 Å². The highest BCUT2D eigenvalue weighted by Gasteiger charge is 2.17. The van der Waals surface area contributed by atoms with E-state index in [1.807, 2.05) is 67.0 Å². The molecule has 0 aliphatic rings. The normalized spacial score (nSPS) is 11.7. The maximum Gasteiger partial charge on any atom is 0.164 e. The van der Waals surface area contributed by atoms with Crippen LogP contribution in [0.5, 0.6) is 0 Å². The topological polar surface area (TPSA) is 77.8 Å². The van der Waals surface area contributed by atoms with Gasteiger partial charge in [0.1, 0.15) is 22.3 Å². The number of hydrogen-bond acceptors (Lipinski definition) is 6. The summed E-state index contributed by atoms with van der Waals surface area (Å²) in [5.41, 5.74) is 12.6. The second-order valence-electron chi connectivity index (χ2n) is 15.1. The fourth-order valence-electron chi connectivity index (χ4n) is 8.42. The summed E-state index contributed by atoms with van der Waals surface area (Å²) in [6.07, 6.45) is 3.74. The Hall–Kier alpha value is -8.22. The van der Waals surface area contributed by atoms with E-state index < -0.39 is 0 Å². The molecule has 4 heterocycles. The second kappa shape index (κ2) is 13.7. The van der Waals surface area contributed by atoms with Crippen LogP contribution in [0.3, 0.4) is 0 Å². The highest BCUT2D eigenvalue weighted by Crippen LogP contribution is 2.39. The van der Waals surface area contributed by atoms with Crippen molar-refractivity contribution in [1.82, 2.24) is 19.9 Å². The van der Waals surface area contributed by atoms with Crippen LogP contribution in [0.25, 0.3) is 122 Å². The number of hydrogen-bond donors (Lipinski definition) is 0. The Kier molecular flexibility index (Phi) is 7.74. The van der Waals surface area contributed by atoms with Crippen molar-refractivity contribution in [3.63, 3.8) is 0 Å². The molecule has 6 heteroatoms. The van der Waals surface area contributed by atoms with E-state index in [1.54, 1.807) is 0 Å². The number of nitrogens with zero attached hydrogens (tertiary/aromatic N) is 4. The van der Waals surface area contributed by atoms with E-state index in [0.717, 1.165) is 105 Å². The molecule has 0 saturated heterocycles. The first-order chi connectivity index (χ1) is 29.7. The Labute approximate surface area is 344 Å². The second-order valence-corrected chi connectivity index (χ2v) is 15.1. The Bertz CT molecular complexity index is 3470. The maximum atomic E-state index is 6.22. The third kappa shape index (κ3) is 5.81. The molecule has 0 atom stereocenters. The summed E-state index contributed by atoms with van der Waals surface area (Å²) in [5, 5.41) is 6.57. The van der Waals surface area contributed by atoms with Gasteiger partial charge in [0.05, 0.1) is 0 Å². The van der Waals surface area contributed by atoms with Crippen LogP contribution in [0.1, 0.15) is 0 Å². The molecule has 6 nitrogen and oxygen atoms in total. The predicted molar refractivity (Wildman–Crippen MR) is 242 cm³/mol. The zero-order chi connectivity index (χ0) is 39.6. The summed E-state index contributed by atoms with van der Waals surface area (Å²) in [6, 6.07) is 62.8. The fraction of sp³-hybridized carbons (Fsp3) is 0. The number of furan rings is 2. The quantitative estimate of drug-likeness (QED) is 0.168. The van der Waals surface area contributed by atoms with Crippen LogP contribution < -0.4 is 0 Å². The first kappa shape index (κ1) is 33.9. The van der Waals surface area contributed by atoms with Gasteiger partial charge in [0.2, 0.25) is 0 Å². The van der Waals surface area contributed by atoms with Crippen molar-refractivity contribution in [3.8, 4) is 67.5 Å². The highest BCUT2D eigenvalue weighted by molar-refractivity contribution is 6.08. The molecule has 0 N–H and O–H groups in total. The van der Waals surface area contributed by atoms with Gasteiger partial charge in [0.25, 0.3) is 0 Å². The van der Waals surface area contributed by atoms with Gasteiger partial charge in [-0.15, -0.1) is 0 Å². The highest BCUT2D eigenvalue weighted by atomic mass is 16.3. The monoisotopic (exact) mass is 768 g/mol. The molecule has 0 saturated carbocycles. The minimum absolute atomic E-state index is 0.581. The molecule has 0 fully saturated rings. The Morgan fingerprint density at radius 2 is 0.800 bits per heavy atom. The smallest absolute Gasteiger partial charge is 0.164 e. The van der Waals surface area contributed by atoms with Gasteiger partial charge in [0.15, 0.2) is 17.5 Å². The number of fused-ring (bicyclic) bond motifs is 7. The average Bonchev–Trinajstić information content (AvgIpc) is 3.89. The maximum absolute atomic E-state index is 6.22. The van der Waals surface area contributed by atoms with Gasteiger partial charge in [-0.2, -0.15) is 0 Å². The molecule has 0 spiro atoms. The molecule has 0 radical (unpaired) electrons. The van der Waals surface area contributed by atoms with Crippen molar-refractivity contribution < 1.29 is 8.83 Å². The van der Waals surface area contributed by atoms with Crippen LogP contribution in [0.2, 0.25) is 0 Å². The van der Waals surface area contributed by atoms with Crippen molar-refractivity contribution >= 4 is 54.6 Å². The number of benzene rings is 8. The first-order valence-electron chi connectivity index (χ1n) is 19.9. The minimum Gasteiger partial charge on any atom is -0.456 e. The molecule has 60 heavy (non-hydrogen) atoms. The molecular weight excluding hydrogens is 737 g/mol. The van der Waals surface area contributed by atoms with E-state index in [2.05, 4.69) is 132 Å². The van der Waals surface area contributed by atoms with E-state index in [9.17, 15) is 0 Å². The van der Waals surface area contributed by atoms with Crippen molar-refractivity contribution in [2.45, 2.75) is 0 Å². The van der Waals surface area contributed by atoms with Gasteiger partial charge in [-0.25, -0.2) is 15.0 Å². The van der Waals surface area contributed by atoms with E-state index in [4.69, 9.17) is 23.8 Å². The third-order valence-electron chi connectivity index (χ3n) is 11.4. The largest absolute Gasteiger partial charge is 0.456 e.